The first-order chi connectivity index (χ1) is 10.1. The zero-order valence-electron chi connectivity index (χ0n) is 12.2. The van der Waals surface area contributed by atoms with Crippen molar-refractivity contribution in [2.24, 2.45) is 11.3 Å². The maximum absolute atomic E-state index is 14.3. The molecule has 0 saturated carbocycles. The number of rotatable bonds is 4. The summed E-state index contributed by atoms with van der Waals surface area (Å²) in [6, 6.07) is 1.02. The molecular formula is C15H17F4NO2. The zero-order valence-corrected chi connectivity index (χ0v) is 12.2. The maximum Gasteiger partial charge on any atom is 0.407 e. The molecule has 0 bridgehead atoms. The van der Waals surface area contributed by atoms with Crippen LogP contribution in [-0.2, 0) is 0 Å². The lowest BCUT2D eigenvalue weighted by molar-refractivity contribution is 0.00650. The van der Waals surface area contributed by atoms with Crippen LogP contribution in [0.25, 0.3) is 0 Å². The van der Waals surface area contributed by atoms with Crippen molar-refractivity contribution in [2.45, 2.75) is 26.4 Å². The van der Waals surface area contributed by atoms with Crippen LogP contribution in [0.1, 0.15) is 32.0 Å². The Hall–Kier alpha value is -1.79. The molecule has 22 heavy (non-hydrogen) atoms. The van der Waals surface area contributed by atoms with E-state index in [1.54, 1.807) is 13.8 Å². The lowest BCUT2D eigenvalue weighted by atomic mass is 9.70. The second kappa shape index (κ2) is 5.78. The van der Waals surface area contributed by atoms with Crippen molar-refractivity contribution in [1.29, 1.82) is 0 Å². The van der Waals surface area contributed by atoms with Gasteiger partial charge in [0.25, 0.3) is 0 Å². The van der Waals surface area contributed by atoms with E-state index in [2.05, 4.69) is 0 Å². The monoisotopic (exact) mass is 319 g/mol. The first kappa shape index (κ1) is 16.6. The minimum atomic E-state index is -1.86. The first-order valence-corrected chi connectivity index (χ1v) is 6.88. The molecule has 1 amide bonds. The molecule has 1 heterocycles. The average Bonchev–Trinajstić information content (AvgIpc) is 2.29. The number of alkyl halides is 1. The van der Waals surface area contributed by atoms with E-state index >= 15 is 0 Å². The van der Waals surface area contributed by atoms with Gasteiger partial charge >= 0.3 is 6.09 Å². The largest absolute Gasteiger partial charge is 0.465 e. The Morgan fingerprint density at radius 1 is 1.36 bits per heavy atom. The lowest BCUT2D eigenvalue weighted by Gasteiger charge is -2.46. The van der Waals surface area contributed by atoms with Crippen molar-refractivity contribution in [3.8, 4) is 0 Å². The predicted octanol–water partition coefficient (Wildman–Crippen LogP) is 4.14. The highest BCUT2D eigenvalue weighted by atomic mass is 19.2. The third-order valence-corrected chi connectivity index (χ3v) is 4.32. The summed E-state index contributed by atoms with van der Waals surface area (Å²) >= 11 is 0. The van der Waals surface area contributed by atoms with Crippen LogP contribution in [-0.4, -0.2) is 29.2 Å². The molecule has 7 heteroatoms. The van der Waals surface area contributed by atoms with Gasteiger partial charge in [0, 0.05) is 24.7 Å². The molecule has 0 radical (unpaired) electrons. The van der Waals surface area contributed by atoms with E-state index < -0.39 is 40.7 Å². The van der Waals surface area contributed by atoms with Gasteiger partial charge in [-0.3, -0.25) is 0 Å². The number of carboxylic acid groups (broad SMARTS) is 1. The fourth-order valence-corrected chi connectivity index (χ4v) is 2.67. The molecule has 0 aliphatic carbocycles. The normalized spacial score (nSPS) is 17.3. The maximum atomic E-state index is 14.3. The molecule has 1 saturated heterocycles. The molecule has 1 atom stereocenters. The highest BCUT2D eigenvalue weighted by Gasteiger charge is 2.42. The fourth-order valence-electron chi connectivity index (χ4n) is 2.67. The third-order valence-electron chi connectivity index (χ3n) is 4.32. The topological polar surface area (TPSA) is 40.5 Å². The Bertz CT molecular complexity index is 585. The van der Waals surface area contributed by atoms with Crippen molar-refractivity contribution in [1.82, 2.24) is 4.90 Å². The molecule has 1 N–H and O–H groups in total. The van der Waals surface area contributed by atoms with Gasteiger partial charge in [-0.15, -0.1) is 0 Å². The van der Waals surface area contributed by atoms with E-state index in [9.17, 15) is 22.4 Å². The minimum Gasteiger partial charge on any atom is -0.465 e. The summed E-state index contributed by atoms with van der Waals surface area (Å²) in [5, 5.41) is 8.79. The lowest BCUT2D eigenvalue weighted by Crippen LogP contribution is -2.54. The molecular weight excluding hydrogens is 302 g/mol. The SMILES string of the molecule is CC(C)(CC(F)c1cc(F)cc(F)c1F)C1CN(C(=O)O)C1. The summed E-state index contributed by atoms with van der Waals surface area (Å²) in [5.41, 5.74) is -1.26. The fraction of sp³-hybridized carbons (Fsp3) is 0.533. The van der Waals surface area contributed by atoms with Crippen LogP contribution in [0.5, 0.6) is 0 Å². The Labute approximate surface area is 125 Å². The molecule has 1 fully saturated rings. The standard InChI is InChI=1S/C15H17F4NO2/c1-15(2,8-6-20(7-8)14(21)22)5-12(18)10-3-9(16)4-11(17)13(10)19/h3-4,8,12H,5-7H2,1-2H3,(H,21,22). The van der Waals surface area contributed by atoms with Crippen molar-refractivity contribution in [3.05, 3.63) is 35.1 Å². The average molecular weight is 319 g/mol. The Balaban J connectivity index is 2.08. The summed E-state index contributed by atoms with van der Waals surface area (Å²) in [4.78, 5) is 11.9. The summed E-state index contributed by atoms with van der Waals surface area (Å²) in [6.07, 6.45) is -3.05. The molecule has 3 nitrogen and oxygen atoms in total. The highest BCUT2D eigenvalue weighted by molar-refractivity contribution is 5.66. The van der Waals surface area contributed by atoms with Gasteiger partial charge < -0.3 is 10.0 Å². The van der Waals surface area contributed by atoms with Crippen molar-refractivity contribution < 1.29 is 27.5 Å². The molecule has 1 aromatic carbocycles. The number of benzene rings is 1. The molecule has 1 aromatic rings. The number of likely N-dealkylation sites (tertiary alicyclic amines) is 1. The van der Waals surface area contributed by atoms with Gasteiger partial charge in [-0.05, 0) is 23.8 Å². The summed E-state index contributed by atoms with van der Waals surface area (Å²) < 4.78 is 54.2. The number of nitrogens with zero attached hydrogens (tertiary/aromatic N) is 1. The third kappa shape index (κ3) is 3.18. The predicted molar refractivity (Wildman–Crippen MR) is 71.7 cm³/mol. The van der Waals surface area contributed by atoms with Gasteiger partial charge in [0.1, 0.15) is 12.0 Å². The van der Waals surface area contributed by atoms with E-state index in [1.807, 2.05) is 0 Å². The number of hydrogen-bond acceptors (Lipinski definition) is 1. The van der Waals surface area contributed by atoms with Crippen molar-refractivity contribution in [2.75, 3.05) is 13.1 Å². The van der Waals surface area contributed by atoms with Crippen LogP contribution in [0, 0.1) is 28.8 Å². The quantitative estimate of drug-likeness (QED) is 0.669. The van der Waals surface area contributed by atoms with Crippen molar-refractivity contribution >= 4 is 6.09 Å². The second-order valence-electron chi connectivity index (χ2n) is 6.34. The van der Waals surface area contributed by atoms with E-state index in [0.29, 0.717) is 12.1 Å². The van der Waals surface area contributed by atoms with Gasteiger partial charge in [0.15, 0.2) is 11.6 Å². The van der Waals surface area contributed by atoms with Gasteiger partial charge in [-0.1, -0.05) is 13.8 Å². The van der Waals surface area contributed by atoms with Gasteiger partial charge in [-0.2, -0.15) is 0 Å². The van der Waals surface area contributed by atoms with Gasteiger partial charge in [0.2, 0.25) is 0 Å². The Morgan fingerprint density at radius 3 is 2.50 bits per heavy atom. The number of halogens is 4. The number of hydrogen-bond donors (Lipinski definition) is 1. The smallest absolute Gasteiger partial charge is 0.407 e. The molecule has 1 aliphatic rings. The Morgan fingerprint density at radius 2 is 1.95 bits per heavy atom. The van der Waals surface area contributed by atoms with E-state index in [1.165, 1.54) is 4.90 Å². The summed E-state index contributed by atoms with van der Waals surface area (Å²) in [5.74, 6) is -3.92. The van der Waals surface area contributed by atoms with Crippen LogP contribution >= 0.6 is 0 Å². The number of carbonyl (C=O) groups is 1. The molecule has 122 valence electrons. The van der Waals surface area contributed by atoms with Crippen LogP contribution < -0.4 is 0 Å². The minimum absolute atomic E-state index is 0.0803. The van der Waals surface area contributed by atoms with Gasteiger partial charge in [0.05, 0.1) is 0 Å². The van der Waals surface area contributed by atoms with E-state index in [-0.39, 0.29) is 25.4 Å². The molecule has 1 aliphatic heterocycles. The van der Waals surface area contributed by atoms with Crippen LogP contribution in [0.4, 0.5) is 22.4 Å². The van der Waals surface area contributed by atoms with Crippen LogP contribution in [0.3, 0.4) is 0 Å². The van der Waals surface area contributed by atoms with Gasteiger partial charge in [-0.25, -0.2) is 22.4 Å². The highest BCUT2D eigenvalue weighted by Crippen LogP contribution is 2.43. The Kier molecular flexibility index (Phi) is 4.35. The van der Waals surface area contributed by atoms with Crippen LogP contribution in [0.2, 0.25) is 0 Å². The second-order valence-corrected chi connectivity index (χ2v) is 6.34. The molecule has 0 aromatic heterocycles. The number of amides is 1. The molecule has 2 rings (SSSR count). The van der Waals surface area contributed by atoms with Crippen LogP contribution in [0.15, 0.2) is 12.1 Å². The summed E-state index contributed by atoms with van der Waals surface area (Å²) in [7, 11) is 0. The zero-order chi connectivity index (χ0) is 16.7. The van der Waals surface area contributed by atoms with Crippen molar-refractivity contribution in [3.63, 3.8) is 0 Å². The first-order valence-electron chi connectivity index (χ1n) is 6.88. The van der Waals surface area contributed by atoms with E-state index in [4.69, 9.17) is 5.11 Å². The molecule has 1 unspecified atom stereocenters. The molecule has 0 spiro atoms. The summed E-state index contributed by atoms with van der Waals surface area (Å²) in [6.45, 7) is 4.01. The van der Waals surface area contributed by atoms with E-state index in [0.717, 1.165) is 0 Å².